The number of unbranched alkanes of at least 4 members (excludes halogenated alkanes) is 12. The van der Waals surface area contributed by atoms with Crippen molar-refractivity contribution in [3.63, 3.8) is 0 Å². The molecular weight excluding hydrogens is 667 g/mol. The highest BCUT2D eigenvalue weighted by atomic mass is 127. The third kappa shape index (κ3) is 8.67. The highest BCUT2D eigenvalue weighted by Crippen LogP contribution is 2.40. The summed E-state index contributed by atoms with van der Waals surface area (Å²) in [5, 5.41) is 0. The van der Waals surface area contributed by atoms with E-state index in [2.05, 4.69) is 59.0 Å². The van der Waals surface area contributed by atoms with E-state index in [0.29, 0.717) is 11.4 Å². The summed E-state index contributed by atoms with van der Waals surface area (Å²) in [5.41, 5.74) is 6.26. The molecule has 35 heavy (non-hydrogen) atoms. The Bertz CT molecular complexity index is 932. The zero-order valence-corrected chi connectivity index (χ0v) is 26.7. The third-order valence-electron chi connectivity index (χ3n) is 7.18. The quantitative estimate of drug-likeness (QED) is 0.0924. The van der Waals surface area contributed by atoms with Crippen LogP contribution in [0.5, 0.6) is 0 Å². The average Bonchev–Trinajstić information content (AvgIpc) is 3.21. The summed E-state index contributed by atoms with van der Waals surface area (Å²) in [5.74, 6) is 0. The van der Waals surface area contributed by atoms with Crippen LogP contribution in [0.4, 0.5) is 8.63 Å². The van der Waals surface area contributed by atoms with Crippen molar-refractivity contribution in [2.75, 3.05) is 0 Å². The third-order valence-corrected chi connectivity index (χ3v) is 10.4. The lowest BCUT2D eigenvalue weighted by atomic mass is 9.95. The summed E-state index contributed by atoms with van der Waals surface area (Å²) in [6, 6.07) is 0. The standard InChI is InChI=1S/C28H43BF2I2N2/c1-6-7-8-9-10-11-12-13-14-15-16-17-18-19-24(27-20(2)25(32)22(4)34-27)28-21(3)26(33)23(5)35(28)29(30)31/h6-19H2,1-5H3/b27-24-. The maximum atomic E-state index is 14.2. The van der Waals surface area contributed by atoms with Crippen molar-refractivity contribution in [2.45, 2.75) is 125 Å². The van der Waals surface area contributed by atoms with Gasteiger partial charge < -0.3 is 4.48 Å². The van der Waals surface area contributed by atoms with Gasteiger partial charge in [0.2, 0.25) is 0 Å². The van der Waals surface area contributed by atoms with Gasteiger partial charge in [-0.15, -0.1) is 0 Å². The molecule has 0 amide bonds. The fourth-order valence-electron chi connectivity index (χ4n) is 5.08. The summed E-state index contributed by atoms with van der Waals surface area (Å²) in [6.45, 7) is 10.1. The largest absolute Gasteiger partial charge is 0.677 e. The van der Waals surface area contributed by atoms with Gasteiger partial charge in [-0.25, -0.2) is 0 Å². The van der Waals surface area contributed by atoms with Crippen LogP contribution in [-0.2, 0) is 0 Å². The predicted octanol–water partition coefficient (Wildman–Crippen LogP) is 10.9. The molecule has 1 aromatic rings. The minimum atomic E-state index is -2.55. The zero-order chi connectivity index (χ0) is 26.0. The molecule has 0 N–H and O–H groups in total. The number of nitrogens with zero attached hydrogens (tertiary/aromatic N) is 2. The van der Waals surface area contributed by atoms with E-state index in [-0.39, 0.29) is 0 Å². The second-order valence-electron chi connectivity index (χ2n) is 9.98. The zero-order valence-electron chi connectivity index (χ0n) is 22.4. The number of hydrogen-bond acceptors (Lipinski definition) is 1. The van der Waals surface area contributed by atoms with E-state index in [4.69, 9.17) is 4.99 Å². The normalized spacial score (nSPS) is 15.3. The van der Waals surface area contributed by atoms with Gasteiger partial charge in [0.15, 0.2) is 0 Å². The Hall–Kier alpha value is -0.185. The van der Waals surface area contributed by atoms with Crippen LogP contribution in [0.3, 0.4) is 0 Å². The van der Waals surface area contributed by atoms with Crippen molar-refractivity contribution < 1.29 is 8.63 Å². The molecule has 0 atom stereocenters. The monoisotopic (exact) mass is 710 g/mol. The van der Waals surface area contributed by atoms with E-state index >= 15 is 0 Å². The average molecular weight is 710 g/mol. The van der Waals surface area contributed by atoms with Gasteiger partial charge in [0, 0.05) is 24.1 Å². The SMILES string of the molecule is CCCCCCCCCCCCCCC/C(=C1/N=C(C)C(I)=C1C)c1c(C)c(I)c(C)n1B(F)F. The lowest BCUT2D eigenvalue weighted by molar-refractivity contribution is 0.540. The molecule has 0 spiro atoms. The van der Waals surface area contributed by atoms with E-state index < -0.39 is 7.40 Å². The van der Waals surface area contributed by atoms with Gasteiger partial charge >= 0.3 is 7.40 Å². The molecule has 1 aliphatic heterocycles. The molecule has 196 valence electrons. The van der Waals surface area contributed by atoms with Crippen molar-refractivity contribution in [3.8, 4) is 0 Å². The molecule has 0 unspecified atom stereocenters. The first kappa shape index (κ1) is 31.0. The van der Waals surface area contributed by atoms with Crippen molar-refractivity contribution in [1.29, 1.82) is 0 Å². The Balaban J connectivity index is 1.97. The highest BCUT2D eigenvalue weighted by Gasteiger charge is 2.31. The van der Waals surface area contributed by atoms with Gasteiger partial charge in [-0.2, -0.15) is 0 Å². The van der Waals surface area contributed by atoms with Crippen molar-refractivity contribution in [2.24, 2.45) is 4.99 Å². The molecule has 1 aromatic heterocycles. The van der Waals surface area contributed by atoms with Crippen LogP contribution >= 0.6 is 45.2 Å². The Kier molecular flexibility index (Phi) is 14.1. The van der Waals surface area contributed by atoms with E-state index in [1.165, 1.54) is 75.1 Å². The molecule has 2 heterocycles. The Labute approximate surface area is 240 Å². The summed E-state index contributed by atoms with van der Waals surface area (Å²) < 4.78 is 31.6. The van der Waals surface area contributed by atoms with E-state index in [0.717, 1.165) is 54.5 Å². The van der Waals surface area contributed by atoms with Gasteiger partial charge in [0.05, 0.1) is 11.4 Å². The smallest absolute Gasteiger partial charge is 0.328 e. The molecule has 2 nitrogen and oxygen atoms in total. The molecular formula is C28H43BF2I2N2. The molecule has 0 bridgehead atoms. The van der Waals surface area contributed by atoms with Crippen LogP contribution in [0, 0.1) is 17.4 Å². The minimum Gasteiger partial charge on any atom is -0.328 e. The number of allylic oxidation sites excluding steroid dienone is 3. The number of aliphatic imine (C=N–C) groups is 1. The van der Waals surface area contributed by atoms with E-state index in [1.54, 1.807) is 6.92 Å². The molecule has 0 saturated heterocycles. The Morgan fingerprint density at radius 1 is 0.800 bits per heavy atom. The predicted molar refractivity (Wildman–Crippen MR) is 167 cm³/mol. The van der Waals surface area contributed by atoms with E-state index in [1.807, 2.05) is 13.8 Å². The summed E-state index contributed by atoms with van der Waals surface area (Å²) >= 11 is 4.54. The number of hydrogen-bond donors (Lipinski definition) is 0. The second-order valence-corrected chi connectivity index (χ2v) is 12.1. The van der Waals surface area contributed by atoms with Gasteiger partial charge in [-0.1, -0.05) is 84.0 Å². The Morgan fingerprint density at radius 2 is 1.29 bits per heavy atom. The van der Waals surface area contributed by atoms with Crippen LogP contribution in [0.25, 0.3) is 5.57 Å². The topological polar surface area (TPSA) is 17.3 Å². The fraction of sp³-hybridized carbons (Fsp3) is 0.679. The van der Waals surface area contributed by atoms with Crippen LogP contribution in [0.15, 0.2) is 19.8 Å². The highest BCUT2D eigenvalue weighted by molar-refractivity contribution is 14.1. The van der Waals surface area contributed by atoms with Crippen LogP contribution < -0.4 is 0 Å². The molecule has 0 aliphatic carbocycles. The molecule has 2 rings (SSSR count). The van der Waals surface area contributed by atoms with Gasteiger partial charge in [0.25, 0.3) is 0 Å². The van der Waals surface area contributed by atoms with Crippen molar-refractivity contribution in [3.05, 3.63) is 35.4 Å². The van der Waals surface area contributed by atoms with Crippen molar-refractivity contribution >= 4 is 63.9 Å². The molecule has 0 radical (unpaired) electrons. The molecule has 0 aromatic carbocycles. The van der Waals surface area contributed by atoms with Gasteiger partial charge in [-0.3, -0.25) is 13.6 Å². The Morgan fingerprint density at radius 3 is 1.71 bits per heavy atom. The first-order valence-corrected chi connectivity index (χ1v) is 15.7. The fourth-order valence-corrected chi connectivity index (χ4v) is 5.97. The minimum absolute atomic E-state index is 0.645. The molecule has 7 heteroatoms. The van der Waals surface area contributed by atoms with Crippen LogP contribution in [-0.4, -0.2) is 17.6 Å². The maximum absolute atomic E-state index is 14.2. The number of rotatable bonds is 16. The second kappa shape index (κ2) is 15.9. The number of aromatic nitrogens is 1. The van der Waals surface area contributed by atoms with E-state index in [9.17, 15) is 8.63 Å². The van der Waals surface area contributed by atoms with Crippen molar-refractivity contribution in [1.82, 2.24) is 4.48 Å². The lowest BCUT2D eigenvalue weighted by Crippen LogP contribution is -2.18. The number of halogens is 4. The maximum Gasteiger partial charge on any atom is 0.677 e. The first-order chi connectivity index (χ1) is 16.7. The molecule has 1 aliphatic rings. The summed E-state index contributed by atoms with van der Waals surface area (Å²) in [7, 11) is -2.55. The lowest BCUT2D eigenvalue weighted by Gasteiger charge is -2.16. The van der Waals surface area contributed by atoms with Crippen LogP contribution in [0.1, 0.15) is 128 Å². The molecule has 0 fully saturated rings. The van der Waals surface area contributed by atoms with Crippen LogP contribution in [0.2, 0.25) is 0 Å². The first-order valence-electron chi connectivity index (χ1n) is 13.5. The molecule has 0 saturated carbocycles. The summed E-state index contributed by atoms with van der Waals surface area (Å²) in [4.78, 5) is 4.84. The summed E-state index contributed by atoms with van der Waals surface area (Å²) in [6.07, 6.45) is 17.7. The van der Waals surface area contributed by atoms with Gasteiger partial charge in [-0.05, 0) is 96.9 Å². The van der Waals surface area contributed by atoms with Gasteiger partial charge in [0.1, 0.15) is 0 Å².